The summed E-state index contributed by atoms with van der Waals surface area (Å²) in [5.41, 5.74) is 1.23. The van der Waals surface area contributed by atoms with Gasteiger partial charge in [0.1, 0.15) is 22.3 Å². The van der Waals surface area contributed by atoms with Crippen molar-refractivity contribution in [2.24, 2.45) is 0 Å². The fourth-order valence-corrected chi connectivity index (χ4v) is 4.30. The Labute approximate surface area is 187 Å². The second-order valence-electron chi connectivity index (χ2n) is 6.45. The first-order valence-electron chi connectivity index (χ1n) is 9.31. The molecule has 1 aromatic heterocycles. The van der Waals surface area contributed by atoms with Crippen molar-refractivity contribution in [2.45, 2.75) is 6.92 Å². The van der Waals surface area contributed by atoms with Gasteiger partial charge in [0.15, 0.2) is 0 Å². The van der Waals surface area contributed by atoms with Crippen molar-refractivity contribution in [2.75, 3.05) is 11.5 Å². The second-order valence-corrected chi connectivity index (χ2v) is 7.83. The quantitative estimate of drug-likeness (QED) is 0.188. The van der Waals surface area contributed by atoms with E-state index in [1.54, 1.807) is 54.6 Å². The van der Waals surface area contributed by atoms with E-state index >= 15 is 0 Å². The highest BCUT2D eigenvalue weighted by Gasteiger charge is 2.33. The molecule has 1 saturated heterocycles. The van der Waals surface area contributed by atoms with E-state index in [-0.39, 0.29) is 10.9 Å². The molecule has 1 amide bonds. The Morgan fingerprint density at radius 3 is 2.68 bits per heavy atom. The number of rotatable bonds is 6. The van der Waals surface area contributed by atoms with Crippen LogP contribution in [-0.4, -0.2) is 21.8 Å². The number of amides is 1. The summed E-state index contributed by atoms with van der Waals surface area (Å²) in [6.45, 7) is 2.46. The first-order valence-corrected chi connectivity index (χ1v) is 10.5. The monoisotopic (exact) mass is 452 g/mol. The zero-order valence-corrected chi connectivity index (χ0v) is 17.9. The number of nitrogens with zero attached hydrogens (tertiary/aromatic N) is 2. The van der Waals surface area contributed by atoms with Crippen molar-refractivity contribution in [1.82, 2.24) is 0 Å². The van der Waals surface area contributed by atoms with Crippen LogP contribution in [0.5, 0.6) is 5.75 Å². The third kappa shape index (κ3) is 4.37. The number of anilines is 1. The lowest BCUT2D eigenvalue weighted by Gasteiger charge is -2.15. The molecule has 0 atom stereocenters. The molecular weight excluding hydrogens is 436 g/mol. The molecule has 3 aromatic rings. The summed E-state index contributed by atoms with van der Waals surface area (Å²) in [6, 6.07) is 16.8. The molecule has 4 rings (SSSR count). The van der Waals surface area contributed by atoms with Crippen molar-refractivity contribution in [3.63, 3.8) is 0 Å². The van der Waals surface area contributed by atoms with Gasteiger partial charge in [0.2, 0.25) is 0 Å². The lowest BCUT2D eigenvalue weighted by molar-refractivity contribution is -0.384. The van der Waals surface area contributed by atoms with Crippen molar-refractivity contribution < 1.29 is 18.9 Å². The molecule has 0 aliphatic carbocycles. The normalized spacial score (nSPS) is 15.0. The largest absolute Gasteiger partial charge is 0.494 e. The fraction of sp³-hybridized carbons (Fsp3) is 0.0909. The SMILES string of the molecule is CCOc1ccc(N2C(=O)S/C(=C\c3ccc(-c4cccc([N+](=O)[O-])c4)o3)C2=S)cc1. The molecule has 1 fully saturated rings. The number of benzene rings is 2. The van der Waals surface area contributed by atoms with Crippen LogP contribution in [0, 0.1) is 10.1 Å². The van der Waals surface area contributed by atoms with Gasteiger partial charge in [-0.15, -0.1) is 0 Å². The molecule has 0 saturated carbocycles. The number of thiocarbonyl (C=S) groups is 1. The number of non-ortho nitro benzene ring substituents is 1. The van der Waals surface area contributed by atoms with Gasteiger partial charge in [-0.05, 0) is 61.2 Å². The summed E-state index contributed by atoms with van der Waals surface area (Å²) in [5.74, 6) is 1.70. The molecule has 2 heterocycles. The van der Waals surface area contributed by atoms with Crippen LogP contribution in [0.2, 0.25) is 0 Å². The van der Waals surface area contributed by atoms with E-state index in [4.69, 9.17) is 21.4 Å². The molecule has 0 spiro atoms. The number of hydrogen-bond acceptors (Lipinski definition) is 7. The molecule has 156 valence electrons. The third-order valence-electron chi connectivity index (χ3n) is 4.44. The summed E-state index contributed by atoms with van der Waals surface area (Å²) in [5, 5.41) is 10.8. The van der Waals surface area contributed by atoms with Gasteiger partial charge in [0.05, 0.1) is 22.1 Å². The Hall–Kier alpha value is -3.43. The van der Waals surface area contributed by atoms with E-state index in [2.05, 4.69) is 0 Å². The average molecular weight is 453 g/mol. The smallest absolute Gasteiger partial charge is 0.296 e. The molecule has 9 heteroatoms. The van der Waals surface area contributed by atoms with Crippen LogP contribution in [0.3, 0.4) is 0 Å². The average Bonchev–Trinajstić information content (AvgIpc) is 3.34. The van der Waals surface area contributed by atoms with Crippen molar-refractivity contribution in [1.29, 1.82) is 0 Å². The van der Waals surface area contributed by atoms with Gasteiger partial charge in [-0.1, -0.05) is 24.4 Å². The van der Waals surface area contributed by atoms with Gasteiger partial charge in [0, 0.05) is 17.7 Å². The molecular formula is C22H16N2O5S2. The van der Waals surface area contributed by atoms with Gasteiger partial charge in [0.25, 0.3) is 10.9 Å². The van der Waals surface area contributed by atoms with E-state index < -0.39 is 4.92 Å². The molecule has 0 bridgehead atoms. The highest BCUT2D eigenvalue weighted by Crippen LogP contribution is 2.38. The maximum absolute atomic E-state index is 12.6. The Morgan fingerprint density at radius 1 is 1.19 bits per heavy atom. The van der Waals surface area contributed by atoms with Gasteiger partial charge in [-0.25, -0.2) is 0 Å². The number of furan rings is 1. The minimum atomic E-state index is -0.454. The van der Waals surface area contributed by atoms with Crippen LogP contribution < -0.4 is 9.64 Å². The van der Waals surface area contributed by atoms with Crippen molar-refractivity contribution in [3.05, 3.63) is 81.4 Å². The van der Waals surface area contributed by atoms with Crippen LogP contribution in [-0.2, 0) is 0 Å². The Morgan fingerprint density at radius 2 is 1.97 bits per heavy atom. The summed E-state index contributed by atoms with van der Waals surface area (Å²) < 4.78 is 11.2. The van der Waals surface area contributed by atoms with E-state index in [1.165, 1.54) is 17.0 Å². The number of hydrogen-bond donors (Lipinski definition) is 0. The van der Waals surface area contributed by atoms with Crippen molar-refractivity contribution in [3.8, 4) is 17.1 Å². The zero-order chi connectivity index (χ0) is 22.0. The molecule has 0 radical (unpaired) electrons. The van der Waals surface area contributed by atoms with Crippen LogP contribution in [0.15, 0.2) is 70.0 Å². The van der Waals surface area contributed by atoms with Crippen LogP contribution in [0.4, 0.5) is 16.2 Å². The number of ether oxygens (including phenoxy) is 1. The number of nitro benzene ring substituents is 1. The lowest BCUT2D eigenvalue weighted by atomic mass is 10.1. The predicted octanol–water partition coefficient (Wildman–Crippen LogP) is 6.30. The second kappa shape index (κ2) is 8.75. The summed E-state index contributed by atoms with van der Waals surface area (Å²) in [6.07, 6.45) is 1.69. The standard InChI is InChI=1S/C22H16N2O5S2/c1-2-28-17-8-6-15(7-9-17)23-21(30)20(31-22(23)25)13-18-10-11-19(29-18)14-4-3-5-16(12-14)24(26)27/h3-13H,2H2,1H3/b20-13-. The number of carbonyl (C=O) groups is 1. The Bertz CT molecular complexity index is 1200. The summed E-state index contributed by atoms with van der Waals surface area (Å²) in [4.78, 5) is 25.5. The van der Waals surface area contributed by atoms with E-state index in [9.17, 15) is 14.9 Å². The first kappa shape index (κ1) is 20.8. The van der Waals surface area contributed by atoms with Gasteiger partial charge in [-0.3, -0.25) is 19.8 Å². The number of carbonyl (C=O) groups excluding carboxylic acids is 1. The first-order chi connectivity index (χ1) is 15.0. The Balaban J connectivity index is 1.56. The van der Waals surface area contributed by atoms with Gasteiger partial charge >= 0.3 is 0 Å². The molecule has 2 aromatic carbocycles. The molecule has 0 unspecified atom stereocenters. The van der Waals surface area contributed by atoms with Crippen LogP contribution in [0.1, 0.15) is 12.7 Å². The van der Waals surface area contributed by atoms with Crippen LogP contribution >= 0.6 is 24.0 Å². The van der Waals surface area contributed by atoms with Crippen LogP contribution in [0.25, 0.3) is 17.4 Å². The molecule has 1 aliphatic rings. The summed E-state index contributed by atoms with van der Waals surface area (Å²) in [7, 11) is 0. The topological polar surface area (TPSA) is 85.8 Å². The highest BCUT2D eigenvalue weighted by atomic mass is 32.2. The molecule has 0 N–H and O–H groups in total. The van der Waals surface area contributed by atoms with Gasteiger partial charge < -0.3 is 9.15 Å². The summed E-state index contributed by atoms with van der Waals surface area (Å²) >= 11 is 6.54. The third-order valence-corrected chi connectivity index (χ3v) is 5.86. The minimum absolute atomic E-state index is 0.0158. The maximum Gasteiger partial charge on any atom is 0.296 e. The molecule has 7 nitrogen and oxygen atoms in total. The number of thioether (sulfide) groups is 1. The van der Waals surface area contributed by atoms with E-state index in [0.717, 1.165) is 17.5 Å². The molecule has 31 heavy (non-hydrogen) atoms. The van der Waals surface area contributed by atoms with Crippen molar-refractivity contribution >= 4 is 51.7 Å². The number of nitro groups is 1. The van der Waals surface area contributed by atoms with E-state index in [0.29, 0.717) is 39.3 Å². The van der Waals surface area contributed by atoms with E-state index in [1.807, 2.05) is 6.92 Å². The highest BCUT2D eigenvalue weighted by molar-refractivity contribution is 8.20. The zero-order valence-electron chi connectivity index (χ0n) is 16.3. The Kier molecular flexibility index (Phi) is 5.88. The molecule has 1 aliphatic heterocycles. The predicted molar refractivity (Wildman–Crippen MR) is 124 cm³/mol. The lowest BCUT2D eigenvalue weighted by Crippen LogP contribution is -2.26. The fourth-order valence-electron chi connectivity index (χ4n) is 3.04. The van der Waals surface area contributed by atoms with Gasteiger partial charge in [-0.2, -0.15) is 0 Å². The maximum atomic E-state index is 12.6. The minimum Gasteiger partial charge on any atom is -0.494 e.